The molecule has 11 nitrogen and oxygen atoms in total. The van der Waals surface area contributed by atoms with Gasteiger partial charge in [0, 0.05) is 5.56 Å². The van der Waals surface area contributed by atoms with Crippen molar-refractivity contribution < 1.29 is 23.1 Å². The summed E-state index contributed by atoms with van der Waals surface area (Å²) >= 11 is 0. The van der Waals surface area contributed by atoms with Crippen molar-refractivity contribution in [1.82, 2.24) is 19.5 Å². The minimum Gasteiger partial charge on any atom is -0.414 e. The number of carbonyl (C=O) groups is 1. The number of nitriles is 1. The first-order valence-electron chi connectivity index (χ1n) is 15.5. The summed E-state index contributed by atoms with van der Waals surface area (Å²) < 4.78 is 28.7. The Labute approximate surface area is 268 Å². The molecule has 1 fully saturated rings. The molecule has 0 radical (unpaired) electrons. The van der Waals surface area contributed by atoms with Gasteiger partial charge in [0.1, 0.15) is 24.6 Å². The summed E-state index contributed by atoms with van der Waals surface area (Å²) in [5.74, 6) is 0.00213. The maximum Gasteiger partial charge on any atom is 0.256 e. The number of rotatable bonds is 11. The van der Waals surface area contributed by atoms with E-state index in [2.05, 4.69) is 94.1 Å². The first kappa shape index (κ1) is 34.9. The zero-order valence-corrected chi connectivity index (χ0v) is 30.2. The van der Waals surface area contributed by atoms with Crippen molar-refractivity contribution in [3.05, 3.63) is 48.5 Å². The lowest BCUT2D eigenvalue weighted by Crippen LogP contribution is -2.50. The molecule has 1 N–H and O–H groups in total. The SMILES string of the molecule is CC(C)(C)[Si](C)(C)OC[C@H]1O[C@@H](n2cnc3c(NC(=O)c4ccccc4)ncnc32)[C@H](O[Si](C)(C)C(C)(C)C)[C@@H]1OCCC#N. The first-order valence-corrected chi connectivity index (χ1v) is 21.3. The Balaban J connectivity index is 1.74. The summed E-state index contributed by atoms with van der Waals surface area (Å²) in [6.07, 6.45) is 1.14. The Hall–Kier alpha value is -3.00. The number of amides is 1. The van der Waals surface area contributed by atoms with Gasteiger partial charge in [-0.3, -0.25) is 9.36 Å². The van der Waals surface area contributed by atoms with E-state index in [1.165, 1.54) is 6.33 Å². The van der Waals surface area contributed by atoms with Gasteiger partial charge in [-0.2, -0.15) is 5.26 Å². The zero-order valence-electron chi connectivity index (χ0n) is 28.2. The Morgan fingerprint density at radius 1 is 1.00 bits per heavy atom. The van der Waals surface area contributed by atoms with Crippen LogP contribution in [0.1, 0.15) is 64.5 Å². The normalized spacial score (nSPS) is 21.2. The van der Waals surface area contributed by atoms with Gasteiger partial charge in [0.25, 0.3) is 5.91 Å². The first-order chi connectivity index (χ1) is 21.0. The average molecular weight is 653 g/mol. The number of ether oxygens (including phenoxy) is 2. The number of carbonyl (C=O) groups excluding carboxylic acids is 1. The van der Waals surface area contributed by atoms with Crippen LogP contribution in [0.5, 0.6) is 0 Å². The lowest BCUT2D eigenvalue weighted by atomic mass is 10.1. The lowest BCUT2D eigenvalue weighted by molar-refractivity contribution is -0.0571. The Bertz CT molecular complexity index is 1510. The maximum atomic E-state index is 13.0. The average Bonchev–Trinajstić information content (AvgIpc) is 3.53. The van der Waals surface area contributed by atoms with Crippen LogP contribution in [0.2, 0.25) is 36.3 Å². The Morgan fingerprint density at radius 2 is 1.67 bits per heavy atom. The number of anilines is 1. The van der Waals surface area contributed by atoms with Crippen molar-refractivity contribution in [2.75, 3.05) is 18.5 Å². The molecule has 0 unspecified atom stereocenters. The van der Waals surface area contributed by atoms with Crippen molar-refractivity contribution in [1.29, 1.82) is 5.26 Å². The van der Waals surface area contributed by atoms with Crippen molar-refractivity contribution in [2.45, 2.75) is 109 Å². The van der Waals surface area contributed by atoms with E-state index < -0.39 is 41.2 Å². The zero-order chi connectivity index (χ0) is 33.2. The minimum atomic E-state index is -2.35. The Morgan fingerprint density at radius 3 is 2.29 bits per heavy atom. The second kappa shape index (κ2) is 13.4. The molecular weight excluding hydrogens is 605 g/mol. The molecule has 1 amide bonds. The van der Waals surface area contributed by atoms with E-state index in [-0.39, 0.29) is 29.0 Å². The van der Waals surface area contributed by atoms with Gasteiger partial charge in [0.05, 0.1) is 32.0 Å². The van der Waals surface area contributed by atoms with Crippen LogP contribution in [0, 0.1) is 11.3 Å². The molecule has 0 aliphatic carbocycles. The topological polar surface area (TPSA) is 133 Å². The molecule has 0 spiro atoms. The van der Waals surface area contributed by atoms with Crippen LogP contribution in [0.4, 0.5) is 5.82 Å². The number of hydrogen-bond acceptors (Lipinski definition) is 9. The van der Waals surface area contributed by atoms with Crippen LogP contribution in [0.3, 0.4) is 0 Å². The van der Waals surface area contributed by atoms with E-state index in [9.17, 15) is 10.1 Å². The number of imidazole rings is 1. The fourth-order valence-corrected chi connectivity index (χ4v) is 6.86. The molecule has 3 heterocycles. The van der Waals surface area contributed by atoms with E-state index in [1.807, 2.05) is 10.6 Å². The molecular formula is C32H48N6O5Si2. The summed E-state index contributed by atoms with van der Waals surface area (Å²) in [6, 6.07) is 11.1. The molecule has 0 saturated carbocycles. The monoisotopic (exact) mass is 652 g/mol. The predicted molar refractivity (Wildman–Crippen MR) is 179 cm³/mol. The smallest absolute Gasteiger partial charge is 0.256 e. The molecule has 13 heteroatoms. The predicted octanol–water partition coefficient (Wildman–Crippen LogP) is 6.69. The summed E-state index contributed by atoms with van der Waals surface area (Å²) in [5, 5.41) is 12.1. The van der Waals surface area contributed by atoms with Gasteiger partial charge in [-0.25, -0.2) is 15.0 Å². The molecule has 4 rings (SSSR count). The van der Waals surface area contributed by atoms with Crippen LogP contribution >= 0.6 is 0 Å². The highest BCUT2D eigenvalue weighted by Gasteiger charge is 2.52. The molecule has 1 saturated heterocycles. The summed E-state index contributed by atoms with van der Waals surface area (Å²) in [7, 11) is -4.47. The fourth-order valence-electron chi connectivity index (χ4n) is 4.56. The van der Waals surface area contributed by atoms with Gasteiger partial charge in [-0.05, 0) is 48.4 Å². The van der Waals surface area contributed by atoms with Crippen LogP contribution in [-0.2, 0) is 18.3 Å². The molecule has 4 atom stereocenters. The van der Waals surface area contributed by atoms with Gasteiger partial charge in [-0.15, -0.1) is 0 Å². The Kier molecular flexibility index (Phi) is 10.4. The van der Waals surface area contributed by atoms with E-state index >= 15 is 0 Å². The van der Waals surface area contributed by atoms with Crippen molar-refractivity contribution in [3.8, 4) is 6.07 Å². The molecule has 45 heavy (non-hydrogen) atoms. The third-order valence-electron chi connectivity index (χ3n) is 9.36. The van der Waals surface area contributed by atoms with E-state index in [4.69, 9.17) is 18.3 Å². The second-order valence-electron chi connectivity index (χ2n) is 14.6. The highest BCUT2D eigenvalue weighted by Crippen LogP contribution is 2.44. The summed E-state index contributed by atoms with van der Waals surface area (Å²) in [6.45, 7) is 22.5. The molecule has 3 aromatic rings. The van der Waals surface area contributed by atoms with Crippen molar-refractivity contribution in [3.63, 3.8) is 0 Å². The van der Waals surface area contributed by atoms with E-state index in [0.29, 0.717) is 29.2 Å². The number of nitrogens with one attached hydrogen (secondary N) is 1. The molecule has 1 aliphatic rings. The van der Waals surface area contributed by atoms with Crippen LogP contribution < -0.4 is 5.32 Å². The highest BCUT2D eigenvalue weighted by atomic mass is 28.4. The van der Waals surface area contributed by atoms with Gasteiger partial charge in [-0.1, -0.05) is 59.7 Å². The van der Waals surface area contributed by atoms with Crippen molar-refractivity contribution >= 4 is 39.5 Å². The number of hydrogen-bond donors (Lipinski definition) is 1. The maximum absolute atomic E-state index is 13.0. The third-order valence-corrected chi connectivity index (χ3v) is 18.3. The quantitative estimate of drug-likeness (QED) is 0.178. The van der Waals surface area contributed by atoms with Crippen molar-refractivity contribution in [2.24, 2.45) is 0 Å². The highest BCUT2D eigenvalue weighted by molar-refractivity contribution is 6.74. The van der Waals surface area contributed by atoms with Gasteiger partial charge < -0.3 is 23.6 Å². The largest absolute Gasteiger partial charge is 0.414 e. The number of fused-ring (bicyclic) bond motifs is 1. The molecule has 1 aliphatic heterocycles. The minimum absolute atomic E-state index is 0.0112. The second-order valence-corrected chi connectivity index (χ2v) is 24.2. The van der Waals surface area contributed by atoms with Gasteiger partial charge in [0.2, 0.25) is 0 Å². The third kappa shape index (κ3) is 7.70. The lowest BCUT2D eigenvalue weighted by Gasteiger charge is -2.41. The molecule has 1 aromatic carbocycles. The fraction of sp³-hybridized carbons (Fsp3) is 0.594. The number of nitrogens with zero attached hydrogens (tertiary/aromatic N) is 5. The van der Waals surface area contributed by atoms with Gasteiger partial charge in [0.15, 0.2) is 39.8 Å². The molecule has 0 bridgehead atoms. The van der Waals surface area contributed by atoms with E-state index in [1.54, 1.807) is 30.6 Å². The summed E-state index contributed by atoms with van der Waals surface area (Å²) in [5.41, 5.74) is 1.43. The number of benzene rings is 1. The molecule has 2 aromatic heterocycles. The molecule has 244 valence electrons. The summed E-state index contributed by atoms with van der Waals surface area (Å²) in [4.78, 5) is 26.5. The van der Waals surface area contributed by atoms with E-state index in [0.717, 1.165) is 0 Å². The van der Waals surface area contributed by atoms with Crippen LogP contribution in [-0.4, -0.2) is 73.6 Å². The standard InChI is InChI=1S/C32H48N6O5Si2/c1-31(2,3)44(7,8)41-19-23-25(40-18-14-17-33)26(43-45(9,10)32(4,5)6)30(42-23)38-21-36-24-27(34-20-35-28(24)38)37-29(39)22-15-12-11-13-16-22/h11-13,15-16,20-21,23,25-26,30H,14,18-19H2,1-10H3,(H,34,35,37,39)/t23-,25-,26-,30-/m1/s1. The van der Waals surface area contributed by atoms with Crippen LogP contribution in [0.25, 0.3) is 11.2 Å². The van der Waals surface area contributed by atoms with Crippen LogP contribution in [0.15, 0.2) is 43.0 Å². The van der Waals surface area contributed by atoms with Gasteiger partial charge >= 0.3 is 0 Å². The number of aromatic nitrogens is 4.